The van der Waals surface area contributed by atoms with Gasteiger partial charge < -0.3 is 4.74 Å². The van der Waals surface area contributed by atoms with Crippen LogP contribution in [0.1, 0.15) is 0 Å². The lowest BCUT2D eigenvalue weighted by Crippen LogP contribution is -1.92. The number of ether oxygens (including phenoxy) is 1. The summed E-state index contributed by atoms with van der Waals surface area (Å²) in [5, 5.41) is 4.22. The number of fused-ring (bicyclic) bond motifs is 1. The predicted molar refractivity (Wildman–Crippen MR) is 107 cm³/mol. The number of nitrogens with zero attached hydrogens (tertiary/aromatic N) is 5. The molecule has 0 saturated carbocycles. The van der Waals surface area contributed by atoms with Gasteiger partial charge in [0.25, 0.3) is 0 Å². The molecule has 0 aliphatic carbocycles. The van der Waals surface area contributed by atoms with Gasteiger partial charge in [-0.1, -0.05) is 18.2 Å². The monoisotopic (exact) mass is 367 g/mol. The van der Waals surface area contributed by atoms with E-state index in [4.69, 9.17) is 4.74 Å². The van der Waals surface area contributed by atoms with Crippen molar-refractivity contribution in [2.45, 2.75) is 0 Å². The van der Waals surface area contributed by atoms with Gasteiger partial charge >= 0.3 is 0 Å². The van der Waals surface area contributed by atoms with Crippen molar-refractivity contribution in [2.24, 2.45) is 7.05 Å². The first-order chi connectivity index (χ1) is 13.8. The summed E-state index contributed by atoms with van der Waals surface area (Å²) in [7, 11) is 1.89. The van der Waals surface area contributed by atoms with Crippen molar-refractivity contribution in [3.8, 4) is 34.0 Å². The van der Waals surface area contributed by atoms with Crippen LogP contribution in [0.2, 0.25) is 0 Å². The van der Waals surface area contributed by atoms with Crippen molar-refractivity contribution in [1.82, 2.24) is 24.1 Å². The van der Waals surface area contributed by atoms with Crippen LogP contribution in [0.4, 0.5) is 0 Å². The predicted octanol–water partition coefficient (Wildman–Crippen LogP) is 4.59. The molecule has 136 valence electrons. The highest BCUT2D eigenvalue weighted by molar-refractivity contribution is 5.66. The second kappa shape index (κ2) is 6.66. The van der Waals surface area contributed by atoms with Crippen molar-refractivity contribution < 1.29 is 4.74 Å². The Hall–Kier alpha value is -3.93. The number of para-hydroxylation sites is 1. The normalized spacial score (nSPS) is 11.0. The Bertz CT molecular complexity index is 1240. The zero-order valence-corrected chi connectivity index (χ0v) is 15.2. The van der Waals surface area contributed by atoms with E-state index >= 15 is 0 Å². The molecule has 0 amide bonds. The molecule has 0 bridgehead atoms. The van der Waals surface area contributed by atoms with Crippen LogP contribution < -0.4 is 4.74 Å². The molecule has 0 fully saturated rings. The van der Waals surface area contributed by atoms with E-state index in [1.807, 2.05) is 84.6 Å². The lowest BCUT2D eigenvalue weighted by molar-refractivity contribution is 0.483. The van der Waals surface area contributed by atoms with E-state index in [1.165, 1.54) is 0 Å². The van der Waals surface area contributed by atoms with Crippen molar-refractivity contribution in [3.05, 3.63) is 85.6 Å². The minimum Gasteiger partial charge on any atom is -0.457 e. The van der Waals surface area contributed by atoms with E-state index in [-0.39, 0.29) is 0 Å². The lowest BCUT2D eigenvalue weighted by Gasteiger charge is -2.07. The molecule has 2 aromatic carbocycles. The molecule has 0 unspecified atom stereocenters. The Morgan fingerprint density at radius 1 is 0.750 bits per heavy atom. The zero-order chi connectivity index (χ0) is 18.9. The summed E-state index contributed by atoms with van der Waals surface area (Å²) in [6.45, 7) is 0. The van der Waals surface area contributed by atoms with E-state index in [9.17, 15) is 0 Å². The first kappa shape index (κ1) is 16.3. The SMILES string of the molecule is Cn1cc(-c2cn3c(-c4ccc(Oc5ccccc5)cc4)cnc3cn2)cn1. The van der Waals surface area contributed by atoms with Gasteiger partial charge in [0.1, 0.15) is 11.5 Å². The summed E-state index contributed by atoms with van der Waals surface area (Å²) in [5.41, 5.74) is 4.66. The van der Waals surface area contributed by atoms with Gasteiger partial charge in [-0.05, 0) is 36.4 Å². The third kappa shape index (κ3) is 3.01. The molecule has 6 heteroatoms. The third-order valence-electron chi connectivity index (χ3n) is 4.53. The van der Waals surface area contributed by atoms with Crippen molar-refractivity contribution in [1.29, 1.82) is 0 Å². The van der Waals surface area contributed by atoms with E-state index in [0.717, 1.165) is 39.7 Å². The van der Waals surface area contributed by atoms with Gasteiger partial charge in [0, 0.05) is 30.6 Å². The maximum atomic E-state index is 5.88. The Labute approximate surface area is 161 Å². The van der Waals surface area contributed by atoms with E-state index in [1.54, 1.807) is 17.1 Å². The molecule has 6 nitrogen and oxygen atoms in total. The Morgan fingerprint density at radius 3 is 2.29 bits per heavy atom. The molecule has 5 aromatic rings. The molecular formula is C22H17N5O. The molecule has 28 heavy (non-hydrogen) atoms. The van der Waals surface area contributed by atoms with Crippen LogP contribution in [0, 0.1) is 0 Å². The summed E-state index contributed by atoms with van der Waals surface area (Å²) in [4.78, 5) is 8.98. The van der Waals surface area contributed by atoms with Gasteiger partial charge in [-0.25, -0.2) is 4.98 Å². The quantitative estimate of drug-likeness (QED) is 0.466. The fraction of sp³-hybridized carbons (Fsp3) is 0.0455. The number of hydrogen-bond donors (Lipinski definition) is 0. The maximum absolute atomic E-state index is 5.88. The second-order valence-corrected chi connectivity index (χ2v) is 6.49. The average molecular weight is 367 g/mol. The van der Waals surface area contributed by atoms with Crippen LogP contribution in [-0.4, -0.2) is 24.1 Å². The lowest BCUT2D eigenvalue weighted by atomic mass is 10.1. The zero-order valence-electron chi connectivity index (χ0n) is 15.2. The Kier molecular flexibility index (Phi) is 3.87. The number of rotatable bonds is 4. The Morgan fingerprint density at radius 2 is 1.54 bits per heavy atom. The van der Waals surface area contributed by atoms with Crippen LogP contribution in [-0.2, 0) is 7.05 Å². The van der Waals surface area contributed by atoms with Crippen LogP contribution in [0.25, 0.3) is 28.2 Å². The van der Waals surface area contributed by atoms with Crippen LogP contribution in [0.15, 0.2) is 85.6 Å². The second-order valence-electron chi connectivity index (χ2n) is 6.49. The summed E-state index contributed by atoms with van der Waals surface area (Å²) < 4.78 is 9.69. The van der Waals surface area contributed by atoms with Crippen molar-refractivity contribution in [2.75, 3.05) is 0 Å². The highest BCUT2D eigenvalue weighted by Gasteiger charge is 2.10. The van der Waals surface area contributed by atoms with Gasteiger partial charge in [-0.3, -0.25) is 14.1 Å². The number of aromatic nitrogens is 5. The molecule has 3 heterocycles. The van der Waals surface area contributed by atoms with Gasteiger partial charge in [-0.2, -0.15) is 5.10 Å². The summed E-state index contributed by atoms with van der Waals surface area (Å²) >= 11 is 0. The molecule has 0 atom stereocenters. The largest absolute Gasteiger partial charge is 0.457 e. The van der Waals surface area contributed by atoms with E-state index in [0.29, 0.717) is 0 Å². The van der Waals surface area contributed by atoms with Crippen molar-refractivity contribution in [3.63, 3.8) is 0 Å². The van der Waals surface area contributed by atoms with Gasteiger partial charge in [-0.15, -0.1) is 0 Å². The Balaban J connectivity index is 1.48. The van der Waals surface area contributed by atoms with E-state index in [2.05, 4.69) is 15.1 Å². The standard InChI is InChI=1S/C22H17N5O/c1-26-14-17(11-25-26)20-15-27-21(12-24-22(27)13-23-20)16-7-9-19(10-8-16)28-18-5-3-2-4-6-18/h2-15H,1H3. The fourth-order valence-corrected chi connectivity index (χ4v) is 3.12. The molecule has 0 radical (unpaired) electrons. The molecule has 3 aromatic heterocycles. The number of hydrogen-bond acceptors (Lipinski definition) is 4. The van der Waals surface area contributed by atoms with Crippen LogP contribution in [0.3, 0.4) is 0 Å². The summed E-state index contributed by atoms with van der Waals surface area (Å²) in [5.74, 6) is 1.61. The van der Waals surface area contributed by atoms with Crippen molar-refractivity contribution >= 4 is 5.65 Å². The molecule has 0 aliphatic rings. The average Bonchev–Trinajstić information content (AvgIpc) is 3.35. The number of imidazole rings is 1. The van der Waals surface area contributed by atoms with Gasteiger partial charge in [0.2, 0.25) is 0 Å². The number of aryl methyl sites for hydroxylation is 1. The molecule has 0 aliphatic heterocycles. The summed E-state index contributed by atoms with van der Waals surface area (Å²) in [6, 6.07) is 17.7. The molecule has 0 saturated heterocycles. The van der Waals surface area contributed by atoms with Gasteiger partial charge in [0.05, 0.1) is 30.0 Å². The van der Waals surface area contributed by atoms with Crippen LogP contribution in [0.5, 0.6) is 11.5 Å². The van der Waals surface area contributed by atoms with Crippen LogP contribution >= 0.6 is 0 Å². The fourth-order valence-electron chi connectivity index (χ4n) is 3.12. The van der Waals surface area contributed by atoms with Gasteiger partial charge in [0.15, 0.2) is 5.65 Å². The molecule has 0 spiro atoms. The first-order valence-corrected chi connectivity index (χ1v) is 8.92. The number of benzene rings is 2. The van der Waals surface area contributed by atoms with E-state index < -0.39 is 0 Å². The molecular weight excluding hydrogens is 350 g/mol. The summed E-state index contributed by atoms with van der Waals surface area (Å²) in [6.07, 6.45) is 9.37. The topological polar surface area (TPSA) is 57.2 Å². The minimum atomic E-state index is 0.793. The third-order valence-corrected chi connectivity index (χ3v) is 4.53. The minimum absolute atomic E-state index is 0.793. The smallest absolute Gasteiger partial charge is 0.155 e. The first-order valence-electron chi connectivity index (χ1n) is 8.92. The highest BCUT2D eigenvalue weighted by atomic mass is 16.5. The maximum Gasteiger partial charge on any atom is 0.155 e. The highest BCUT2D eigenvalue weighted by Crippen LogP contribution is 2.27. The molecule has 5 rings (SSSR count). The molecule has 0 N–H and O–H groups in total.